The zero-order chi connectivity index (χ0) is 22.2. The van der Waals surface area contributed by atoms with E-state index in [2.05, 4.69) is 5.32 Å². The molecule has 3 aromatic rings. The van der Waals surface area contributed by atoms with Crippen molar-refractivity contribution < 1.29 is 23.9 Å². The van der Waals surface area contributed by atoms with Crippen LogP contribution in [0.4, 0.5) is 5.69 Å². The number of carbonyl (C=O) groups is 3. The molecular weight excluding hydrogens is 394 g/mol. The van der Waals surface area contributed by atoms with Crippen LogP contribution in [0.3, 0.4) is 0 Å². The van der Waals surface area contributed by atoms with Crippen molar-refractivity contribution in [3.63, 3.8) is 0 Å². The topological polar surface area (TPSA) is 81.7 Å². The highest BCUT2D eigenvalue weighted by Crippen LogP contribution is 2.17. The molecule has 0 saturated heterocycles. The highest BCUT2D eigenvalue weighted by atomic mass is 16.5. The Labute approximate surface area is 180 Å². The van der Waals surface area contributed by atoms with Crippen molar-refractivity contribution in [3.05, 3.63) is 95.6 Å². The summed E-state index contributed by atoms with van der Waals surface area (Å²) in [7, 11) is 0. The standard InChI is InChI=1S/C25H23NO5/c1-17(27)20-10-6-12-22(14-20)26-24(28)18(2)31-25(29)21-11-7-13-23(15-21)30-16-19-8-4-3-5-9-19/h3-15,18H,16H2,1-2H3,(H,26,28)/t18-/m0/s1. The molecule has 0 aliphatic heterocycles. The second kappa shape index (κ2) is 10.2. The molecule has 3 aromatic carbocycles. The molecule has 0 unspecified atom stereocenters. The number of anilines is 1. The molecule has 0 radical (unpaired) electrons. The summed E-state index contributed by atoms with van der Waals surface area (Å²) in [4.78, 5) is 36.4. The monoisotopic (exact) mass is 417 g/mol. The Hall–Kier alpha value is -3.93. The average Bonchev–Trinajstić information content (AvgIpc) is 2.78. The van der Waals surface area contributed by atoms with Crippen molar-refractivity contribution in [1.82, 2.24) is 0 Å². The van der Waals surface area contributed by atoms with Crippen LogP contribution in [0, 0.1) is 0 Å². The maximum Gasteiger partial charge on any atom is 0.339 e. The van der Waals surface area contributed by atoms with Crippen LogP contribution in [0.15, 0.2) is 78.9 Å². The van der Waals surface area contributed by atoms with E-state index in [4.69, 9.17) is 9.47 Å². The first-order valence-electron chi connectivity index (χ1n) is 9.82. The van der Waals surface area contributed by atoms with Crippen molar-refractivity contribution in [1.29, 1.82) is 0 Å². The number of carbonyl (C=O) groups excluding carboxylic acids is 3. The number of benzene rings is 3. The maximum absolute atomic E-state index is 12.5. The molecule has 0 spiro atoms. The van der Waals surface area contributed by atoms with Gasteiger partial charge in [-0.15, -0.1) is 0 Å². The van der Waals surface area contributed by atoms with Gasteiger partial charge in [-0.2, -0.15) is 0 Å². The van der Waals surface area contributed by atoms with Gasteiger partial charge in [-0.05, 0) is 49.7 Å². The van der Waals surface area contributed by atoms with Crippen LogP contribution >= 0.6 is 0 Å². The summed E-state index contributed by atoms with van der Waals surface area (Å²) in [6.07, 6.45) is -1.03. The largest absolute Gasteiger partial charge is 0.489 e. The number of nitrogens with one attached hydrogen (secondary N) is 1. The molecule has 0 aliphatic rings. The number of ketones is 1. The summed E-state index contributed by atoms with van der Waals surface area (Å²) < 4.78 is 11.0. The second-order valence-electron chi connectivity index (χ2n) is 6.98. The Balaban J connectivity index is 1.58. The van der Waals surface area contributed by atoms with Crippen molar-refractivity contribution in [2.75, 3.05) is 5.32 Å². The van der Waals surface area contributed by atoms with E-state index in [1.54, 1.807) is 48.5 Å². The molecule has 0 bridgehead atoms. The van der Waals surface area contributed by atoms with E-state index >= 15 is 0 Å². The Morgan fingerprint density at radius 2 is 1.58 bits per heavy atom. The zero-order valence-corrected chi connectivity index (χ0v) is 17.3. The number of esters is 1. The molecule has 0 fully saturated rings. The molecular formula is C25H23NO5. The van der Waals surface area contributed by atoms with Gasteiger partial charge < -0.3 is 14.8 Å². The lowest BCUT2D eigenvalue weighted by Crippen LogP contribution is -2.30. The molecule has 1 atom stereocenters. The van der Waals surface area contributed by atoms with E-state index in [-0.39, 0.29) is 11.3 Å². The highest BCUT2D eigenvalue weighted by molar-refractivity contribution is 5.99. The van der Waals surface area contributed by atoms with E-state index in [0.29, 0.717) is 23.6 Å². The number of hydrogen-bond donors (Lipinski definition) is 1. The third-order valence-corrected chi connectivity index (χ3v) is 4.51. The molecule has 6 heteroatoms. The highest BCUT2D eigenvalue weighted by Gasteiger charge is 2.19. The third-order valence-electron chi connectivity index (χ3n) is 4.51. The van der Waals surface area contributed by atoms with Gasteiger partial charge in [-0.1, -0.05) is 48.5 Å². The van der Waals surface area contributed by atoms with Gasteiger partial charge in [0.2, 0.25) is 0 Å². The van der Waals surface area contributed by atoms with Gasteiger partial charge in [0.1, 0.15) is 12.4 Å². The van der Waals surface area contributed by atoms with Gasteiger partial charge in [0, 0.05) is 11.3 Å². The molecule has 158 valence electrons. The first-order valence-corrected chi connectivity index (χ1v) is 9.82. The van der Waals surface area contributed by atoms with E-state index < -0.39 is 18.0 Å². The lowest BCUT2D eigenvalue weighted by molar-refractivity contribution is -0.123. The first-order chi connectivity index (χ1) is 14.9. The Kier molecular flexibility index (Phi) is 7.17. The number of hydrogen-bond acceptors (Lipinski definition) is 5. The molecule has 3 rings (SSSR count). The van der Waals surface area contributed by atoms with Crippen LogP contribution in [-0.2, 0) is 16.1 Å². The molecule has 1 N–H and O–H groups in total. The molecule has 0 aromatic heterocycles. The van der Waals surface area contributed by atoms with Gasteiger partial charge in [0.05, 0.1) is 5.56 Å². The quantitative estimate of drug-likeness (QED) is 0.426. The first kappa shape index (κ1) is 21.8. The summed E-state index contributed by atoms with van der Waals surface area (Å²) in [6, 6.07) is 22.8. The Morgan fingerprint density at radius 1 is 0.871 bits per heavy atom. The SMILES string of the molecule is CC(=O)c1cccc(NC(=O)[C@H](C)OC(=O)c2cccc(OCc3ccccc3)c2)c1. The predicted molar refractivity (Wildman–Crippen MR) is 117 cm³/mol. The van der Waals surface area contributed by atoms with Crippen LogP contribution in [0.25, 0.3) is 0 Å². The van der Waals surface area contributed by atoms with Crippen molar-refractivity contribution in [2.45, 2.75) is 26.6 Å². The molecule has 0 aliphatic carbocycles. The van der Waals surface area contributed by atoms with E-state index in [0.717, 1.165) is 5.56 Å². The zero-order valence-electron chi connectivity index (χ0n) is 17.3. The molecule has 6 nitrogen and oxygen atoms in total. The number of ether oxygens (including phenoxy) is 2. The molecule has 31 heavy (non-hydrogen) atoms. The van der Waals surface area contributed by atoms with Crippen molar-refractivity contribution in [2.24, 2.45) is 0 Å². The van der Waals surface area contributed by atoms with Crippen LogP contribution in [-0.4, -0.2) is 23.8 Å². The third kappa shape index (κ3) is 6.27. The minimum atomic E-state index is -1.03. The van der Waals surface area contributed by atoms with Crippen LogP contribution < -0.4 is 10.1 Å². The van der Waals surface area contributed by atoms with Crippen LogP contribution in [0.5, 0.6) is 5.75 Å². The summed E-state index contributed by atoms with van der Waals surface area (Å²) in [5.41, 5.74) is 2.23. The summed E-state index contributed by atoms with van der Waals surface area (Å²) in [5, 5.41) is 2.65. The van der Waals surface area contributed by atoms with Gasteiger partial charge in [0.15, 0.2) is 11.9 Å². The minimum absolute atomic E-state index is 0.107. The molecule has 0 saturated carbocycles. The van der Waals surface area contributed by atoms with Gasteiger partial charge in [-0.3, -0.25) is 9.59 Å². The Morgan fingerprint density at radius 3 is 2.32 bits per heavy atom. The molecule has 1 amide bonds. The smallest absolute Gasteiger partial charge is 0.339 e. The molecule has 0 heterocycles. The van der Waals surface area contributed by atoms with Crippen LogP contribution in [0.1, 0.15) is 40.1 Å². The van der Waals surface area contributed by atoms with Gasteiger partial charge in [0.25, 0.3) is 5.91 Å². The van der Waals surface area contributed by atoms with E-state index in [9.17, 15) is 14.4 Å². The fraction of sp³-hybridized carbons (Fsp3) is 0.160. The predicted octanol–water partition coefficient (Wildman–Crippen LogP) is 4.65. The van der Waals surface area contributed by atoms with Crippen molar-refractivity contribution >= 4 is 23.3 Å². The summed E-state index contributed by atoms with van der Waals surface area (Å²) in [5.74, 6) is -0.711. The second-order valence-corrected chi connectivity index (χ2v) is 6.98. The fourth-order valence-electron chi connectivity index (χ4n) is 2.80. The number of amides is 1. The lowest BCUT2D eigenvalue weighted by Gasteiger charge is -2.14. The van der Waals surface area contributed by atoms with E-state index in [1.165, 1.54) is 13.8 Å². The van der Waals surface area contributed by atoms with Crippen molar-refractivity contribution in [3.8, 4) is 5.75 Å². The Bertz CT molecular complexity index is 1080. The fourth-order valence-corrected chi connectivity index (χ4v) is 2.80. The maximum atomic E-state index is 12.5. The van der Waals surface area contributed by atoms with Gasteiger partial charge in [-0.25, -0.2) is 4.79 Å². The van der Waals surface area contributed by atoms with Crippen LogP contribution in [0.2, 0.25) is 0 Å². The summed E-state index contributed by atoms with van der Waals surface area (Å²) in [6.45, 7) is 3.30. The average molecular weight is 417 g/mol. The normalized spacial score (nSPS) is 11.3. The lowest BCUT2D eigenvalue weighted by atomic mass is 10.1. The summed E-state index contributed by atoms with van der Waals surface area (Å²) >= 11 is 0. The number of Topliss-reactive ketones (excluding diaryl/α,β-unsaturated/α-hetero) is 1. The minimum Gasteiger partial charge on any atom is -0.489 e. The van der Waals surface area contributed by atoms with Gasteiger partial charge >= 0.3 is 5.97 Å². The van der Waals surface area contributed by atoms with E-state index in [1.807, 2.05) is 30.3 Å². The number of rotatable bonds is 8.